The molecule has 4 nitrogen and oxygen atoms in total. The molecule has 0 radical (unpaired) electrons. The van der Waals surface area contributed by atoms with Crippen LogP contribution in [0, 0.1) is 11.3 Å². The van der Waals surface area contributed by atoms with Gasteiger partial charge in [0.1, 0.15) is 5.01 Å². The topological polar surface area (TPSA) is 78.5 Å². The highest BCUT2D eigenvalue weighted by molar-refractivity contribution is 7.21. The Morgan fingerprint density at radius 1 is 1.16 bits per heavy atom. The first-order valence-corrected chi connectivity index (χ1v) is 9.22. The molecule has 0 bridgehead atoms. The highest BCUT2D eigenvalue weighted by Crippen LogP contribution is 2.36. The number of nitriles is 1. The Hall–Kier alpha value is -2.68. The Morgan fingerprint density at radius 2 is 2.04 bits per heavy atom. The van der Waals surface area contributed by atoms with Crippen molar-refractivity contribution in [2.75, 3.05) is 6.54 Å². The zero-order chi connectivity index (χ0) is 17.2. The number of aromatic amines is 1. The van der Waals surface area contributed by atoms with Crippen LogP contribution in [0.25, 0.3) is 31.8 Å². The van der Waals surface area contributed by atoms with Crippen LogP contribution in [0.15, 0.2) is 42.5 Å². The van der Waals surface area contributed by atoms with Crippen molar-refractivity contribution in [2.45, 2.75) is 19.3 Å². The zero-order valence-corrected chi connectivity index (χ0v) is 14.6. The zero-order valence-electron chi connectivity index (χ0n) is 13.7. The summed E-state index contributed by atoms with van der Waals surface area (Å²) < 4.78 is 1.18. The average molecular weight is 346 g/mol. The van der Waals surface area contributed by atoms with Gasteiger partial charge in [-0.15, -0.1) is 11.3 Å². The second-order valence-corrected chi connectivity index (χ2v) is 7.11. The van der Waals surface area contributed by atoms with E-state index < -0.39 is 0 Å². The molecule has 124 valence electrons. The number of nitrogens with zero attached hydrogens (tertiary/aromatic N) is 2. The lowest BCUT2D eigenvalue weighted by Crippen LogP contribution is -1.99. The number of rotatable bonds is 5. The summed E-state index contributed by atoms with van der Waals surface area (Å²) >= 11 is 1.70. The smallest absolute Gasteiger partial charge is 0.141 e. The number of nitrogens with two attached hydrogens (primary N) is 1. The molecule has 0 saturated carbocycles. The lowest BCUT2D eigenvalue weighted by Gasteiger charge is -2.02. The Morgan fingerprint density at radius 3 is 2.84 bits per heavy atom. The first-order chi connectivity index (χ1) is 12.3. The molecule has 4 aromatic rings. The molecule has 0 atom stereocenters. The van der Waals surface area contributed by atoms with Crippen LogP contribution in [0.5, 0.6) is 0 Å². The number of hydrogen-bond donors (Lipinski definition) is 2. The molecule has 2 heterocycles. The summed E-state index contributed by atoms with van der Waals surface area (Å²) in [4.78, 5) is 8.33. The van der Waals surface area contributed by atoms with E-state index >= 15 is 0 Å². The largest absolute Gasteiger partial charge is 0.352 e. The molecule has 0 fully saturated rings. The highest BCUT2D eigenvalue weighted by Gasteiger charge is 2.16. The fourth-order valence-electron chi connectivity index (χ4n) is 3.18. The van der Waals surface area contributed by atoms with Gasteiger partial charge in [0.05, 0.1) is 27.5 Å². The minimum absolute atomic E-state index is 0.683. The predicted molar refractivity (Wildman–Crippen MR) is 104 cm³/mol. The van der Waals surface area contributed by atoms with Gasteiger partial charge in [-0.25, -0.2) is 4.98 Å². The Bertz CT molecular complexity index is 1050. The van der Waals surface area contributed by atoms with Crippen molar-refractivity contribution in [1.29, 1.82) is 5.26 Å². The van der Waals surface area contributed by atoms with Gasteiger partial charge in [-0.3, -0.25) is 0 Å². The number of H-pyrrole nitrogens is 1. The molecule has 0 saturated heterocycles. The quantitative estimate of drug-likeness (QED) is 0.518. The van der Waals surface area contributed by atoms with Crippen molar-refractivity contribution in [3.8, 4) is 16.8 Å². The van der Waals surface area contributed by atoms with Crippen LogP contribution in [0.4, 0.5) is 0 Å². The normalized spacial score (nSPS) is 11.2. The van der Waals surface area contributed by atoms with Gasteiger partial charge in [0.2, 0.25) is 0 Å². The van der Waals surface area contributed by atoms with E-state index in [0.29, 0.717) is 12.1 Å². The van der Waals surface area contributed by atoms with E-state index in [1.807, 2.05) is 36.4 Å². The van der Waals surface area contributed by atoms with E-state index in [2.05, 4.69) is 17.1 Å². The van der Waals surface area contributed by atoms with Crippen molar-refractivity contribution in [2.24, 2.45) is 5.73 Å². The number of hydrogen-bond acceptors (Lipinski definition) is 4. The van der Waals surface area contributed by atoms with Crippen molar-refractivity contribution >= 4 is 32.5 Å². The number of fused-ring (bicyclic) bond motifs is 2. The summed E-state index contributed by atoms with van der Waals surface area (Å²) in [5.74, 6) is 0. The van der Waals surface area contributed by atoms with Crippen LogP contribution in [-0.2, 0) is 6.42 Å². The minimum Gasteiger partial charge on any atom is -0.352 e. The molecule has 3 N–H and O–H groups in total. The van der Waals surface area contributed by atoms with E-state index in [4.69, 9.17) is 10.7 Å². The Labute approximate surface area is 149 Å². The van der Waals surface area contributed by atoms with Crippen LogP contribution in [0.3, 0.4) is 0 Å². The predicted octanol–water partition coefficient (Wildman–Crippen LogP) is 4.60. The average Bonchev–Trinajstić information content (AvgIpc) is 3.22. The van der Waals surface area contributed by atoms with E-state index in [0.717, 1.165) is 46.4 Å². The summed E-state index contributed by atoms with van der Waals surface area (Å²) in [7, 11) is 0. The maximum atomic E-state index is 9.23. The summed E-state index contributed by atoms with van der Waals surface area (Å²) in [6.45, 7) is 0.697. The molecule has 0 aliphatic rings. The fourth-order valence-corrected chi connectivity index (χ4v) is 4.18. The number of benzene rings is 2. The maximum Gasteiger partial charge on any atom is 0.141 e. The van der Waals surface area contributed by atoms with Crippen molar-refractivity contribution in [1.82, 2.24) is 9.97 Å². The molecule has 0 aliphatic heterocycles. The first-order valence-electron chi connectivity index (χ1n) is 8.41. The second kappa shape index (κ2) is 6.67. The first kappa shape index (κ1) is 15.8. The van der Waals surface area contributed by atoms with Gasteiger partial charge in [0.25, 0.3) is 0 Å². The molecule has 4 rings (SSSR count). The number of aryl methyl sites for hydroxylation is 1. The molecular weight excluding hydrogens is 328 g/mol. The van der Waals surface area contributed by atoms with Crippen LogP contribution < -0.4 is 5.73 Å². The standard InChI is InChI=1S/C20H18N4S/c21-10-4-3-5-14-15-11-13(12-22)8-9-16(15)23-19(14)20-24-17-6-1-2-7-18(17)25-20/h1-2,6-9,11,23H,3-5,10,21H2. The molecule has 0 spiro atoms. The van der Waals surface area contributed by atoms with Crippen molar-refractivity contribution in [3.05, 3.63) is 53.6 Å². The molecule has 0 amide bonds. The number of unbranched alkanes of at least 4 members (excludes halogenated alkanes) is 1. The lowest BCUT2D eigenvalue weighted by molar-refractivity contribution is 0.748. The summed E-state index contributed by atoms with van der Waals surface area (Å²) in [5, 5.41) is 11.3. The van der Waals surface area contributed by atoms with Crippen LogP contribution in [0.2, 0.25) is 0 Å². The molecule has 0 aliphatic carbocycles. The number of para-hydroxylation sites is 1. The molecular formula is C20H18N4S. The SMILES string of the molecule is N#Cc1ccc2[nH]c(-c3nc4ccccc4s3)c(CCCCN)c2c1. The molecule has 5 heteroatoms. The van der Waals surface area contributed by atoms with E-state index in [-0.39, 0.29) is 0 Å². The minimum atomic E-state index is 0.683. The molecule has 0 unspecified atom stereocenters. The summed E-state index contributed by atoms with van der Waals surface area (Å²) in [5.41, 5.74) is 10.7. The third-order valence-electron chi connectivity index (χ3n) is 4.42. The van der Waals surface area contributed by atoms with Gasteiger partial charge in [-0.2, -0.15) is 5.26 Å². The van der Waals surface area contributed by atoms with Gasteiger partial charge in [0, 0.05) is 10.9 Å². The van der Waals surface area contributed by atoms with E-state index in [9.17, 15) is 5.26 Å². The molecule has 25 heavy (non-hydrogen) atoms. The van der Waals surface area contributed by atoms with Gasteiger partial charge in [-0.05, 0) is 61.7 Å². The monoisotopic (exact) mass is 346 g/mol. The summed E-state index contributed by atoms with van der Waals surface area (Å²) in [6.07, 6.45) is 2.94. The van der Waals surface area contributed by atoms with Gasteiger partial charge in [-0.1, -0.05) is 12.1 Å². The van der Waals surface area contributed by atoms with E-state index in [1.165, 1.54) is 10.3 Å². The number of aromatic nitrogens is 2. The lowest BCUT2D eigenvalue weighted by atomic mass is 10.0. The van der Waals surface area contributed by atoms with Crippen molar-refractivity contribution in [3.63, 3.8) is 0 Å². The third-order valence-corrected chi connectivity index (χ3v) is 5.48. The molecule has 2 aromatic heterocycles. The summed E-state index contributed by atoms with van der Waals surface area (Å²) in [6, 6.07) is 16.2. The fraction of sp³-hybridized carbons (Fsp3) is 0.200. The Kier molecular flexibility index (Phi) is 4.22. The maximum absolute atomic E-state index is 9.23. The number of nitrogens with one attached hydrogen (secondary N) is 1. The third kappa shape index (κ3) is 2.91. The second-order valence-electron chi connectivity index (χ2n) is 6.08. The highest BCUT2D eigenvalue weighted by atomic mass is 32.1. The van der Waals surface area contributed by atoms with Gasteiger partial charge >= 0.3 is 0 Å². The van der Waals surface area contributed by atoms with Crippen LogP contribution in [-0.4, -0.2) is 16.5 Å². The Balaban J connectivity index is 1.88. The number of thiazole rings is 1. The van der Waals surface area contributed by atoms with Crippen molar-refractivity contribution < 1.29 is 0 Å². The van der Waals surface area contributed by atoms with Gasteiger partial charge in [0.15, 0.2) is 0 Å². The van der Waals surface area contributed by atoms with Crippen LogP contribution in [0.1, 0.15) is 24.0 Å². The molecule has 2 aromatic carbocycles. The van der Waals surface area contributed by atoms with Crippen LogP contribution >= 0.6 is 11.3 Å². The van der Waals surface area contributed by atoms with E-state index in [1.54, 1.807) is 11.3 Å². The van der Waals surface area contributed by atoms with Gasteiger partial charge < -0.3 is 10.7 Å².